The first-order chi connectivity index (χ1) is 2.91. The van der Waals surface area contributed by atoms with Crippen molar-refractivity contribution in [2.75, 3.05) is 0 Å². The molecule has 32 valence electrons. The molecular formula is C5H7V. The molecule has 0 nitrogen and oxygen atoms in total. The summed E-state index contributed by atoms with van der Waals surface area (Å²) < 4.78 is 0. The Labute approximate surface area is 47.9 Å². The molecule has 6 heavy (non-hydrogen) atoms. The zero-order valence-electron chi connectivity index (χ0n) is 3.76. The molecule has 0 rings (SSSR count). The fourth-order valence-corrected chi connectivity index (χ4v) is 0.316. The SMILES string of the molecule is CC=CC=[CH][V]. The van der Waals surface area contributed by atoms with Gasteiger partial charge in [-0.05, 0) is 0 Å². The van der Waals surface area contributed by atoms with Crippen LogP contribution in [0.4, 0.5) is 0 Å². The Morgan fingerprint density at radius 3 is 2.17 bits per heavy atom. The molecule has 0 bridgehead atoms. The van der Waals surface area contributed by atoms with E-state index in [1.807, 2.05) is 29.9 Å². The zero-order chi connectivity index (χ0) is 4.83. The van der Waals surface area contributed by atoms with E-state index in [-0.39, 0.29) is 0 Å². The molecule has 0 aliphatic carbocycles. The van der Waals surface area contributed by atoms with Crippen LogP contribution in [-0.4, -0.2) is 0 Å². The molecule has 0 unspecified atom stereocenters. The summed E-state index contributed by atoms with van der Waals surface area (Å²) in [6.07, 6.45) is 5.95. The molecule has 1 heteroatoms. The van der Waals surface area contributed by atoms with Gasteiger partial charge in [0, 0.05) is 0 Å². The summed E-state index contributed by atoms with van der Waals surface area (Å²) in [7, 11) is 0. The Bertz CT molecular complexity index is 52.3. The molecule has 0 spiro atoms. The Morgan fingerprint density at radius 2 is 2.00 bits per heavy atom. The van der Waals surface area contributed by atoms with Gasteiger partial charge in [0.15, 0.2) is 0 Å². The Hall–Kier alpha value is 0.0644. The van der Waals surface area contributed by atoms with Crippen molar-refractivity contribution in [2.45, 2.75) is 6.92 Å². The van der Waals surface area contributed by atoms with Crippen molar-refractivity contribution in [2.24, 2.45) is 0 Å². The summed E-state index contributed by atoms with van der Waals surface area (Å²) >= 11 is 2.37. The Morgan fingerprint density at radius 1 is 1.33 bits per heavy atom. The van der Waals surface area contributed by atoms with E-state index >= 15 is 0 Å². The molecule has 0 atom stereocenters. The van der Waals surface area contributed by atoms with Crippen LogP contribution >= 0.6 is 0 Å². The predicted molar refractivity (Wildman–Crippen MR) is 24.0 cm³/mol. The van der Waals surface area contributed by atoms with E-state index in [0.29, 0.717) is 0 Å². The summed E-state index contributed by atoms with van der Waals surface area (Å²) in [5, 5.41) is 0. The van der Waals surface area contributed by atoms with E-state index in [4.69, 9.17) is 0 Å². The molecule has 0 aromatic heterocycles. The second kappa shape index (κ2) is 5.06. The first-order valence-electron chi connectivity index (χ1n) is 1.84. The predicted octanol–water partition coefficient (Wildman–Crippen LogP) is 1.62. The van der Waals surface area contributed by atoms with Crippen LogP contribution in [0.3, 0.4) is 0 Å². The first-order valence-corrected chi connectivity index (χ1v) is 2.64. The summed E-state index contributed by atoms with van der Waals surface area (Å²) in [6.45, 7) is 1.99. The molecule has 0 heterocycles. The van der Waals surface area contributed by atoms with Crippen molar-refractivity contribution in [1.29, 1.82) is 0 Å². The molecule has 0 aromatic carbocycles. The van der Waals surface area contributed by atoms with E-state index in [2.05, 4.69) is 17.4 Å². The van der Waals surface area contributed by atoms with Gasteiger partial charge in [-0.25, -0.2) is 0 Å². The third-order valence-electron chi connectivity index (χ3n) is 0.390. The molecule has 0 saturated carbocycles. The molecular weight excluding hydrogens is 111 g/mol. The molecule has 0 aliphatic rings. The van der Waals surface area contributed by atoms with E-state index in [1.54, 1.807) is 0 Å². The van der Waals surface area contributed by atoms with Gasteiger partial charge in [-0.3, -0.25) is 0 Å². The second-order valence-electron chi connectivity index (χ2n) is 0.867. The van der Waals surface area contributed by atoms with Crippen molar-refractivity contribution in [1.82, 2.24) is 0 Å². The van der Waals surface area contributed by atoms with Crippen LogP contribution in [0.5, 0.6) is 0 Å². The minimum absolute atomic E-state index is 1.94. The van der Waals surface area contributed by atoms with Crippen molar-refractivity contribution in [3.63, 3.8) is 0 Å². The first kappa shape index (κ1) is 6.06. The van der Waals surface area contributed by atoms with Gasteiger partial charge < -0.3 is 0 Å². The third-order valence-corrected chi connectivity index (χ3v) is 0.658. The minimum atomic E-state index is 1.94. The van der Waals surface area contributed by atoms with Gasteiger partial charge in [-0.2, -0.15) is 0 Å². The topological polar surface area (TPSA) is 0 Å². The maximum atomic E-state index is 2.37. The van der Waals surface area contributed by atoms with Crippen molar-refractivity contribution < 1.29 is 17.4 Å². The molecule has 0 aliphatic heterocycles. The summed E-state index contributed by atoms with van der Waals surface area (Å²) in [4.78, 5) is 1.94. The summed E-state index contributed by atoms with van der Waals surface area (Å²) in [5.41, 5.74) is 0. The second-order valence-corrected chi connectivity index (χ2v) is 1.33. The van der Waals surface area contributed by atoms with E-state index in [1.165, 1.54) is 0 Å². The third kappa shape index (κ3) is 4.06. The number of hydrogen-bond acceptors (Lipinski definition) is 0. The average Bonchev–Trinajstić information content (AvgIpc) is 1.61. The normalized spacial score (nSPS) is 11.5. The zero-order valence-corrected chi connectivity index (χ0v) is 5.15. The van der Waals surface area contributed by atoms with Crippen LogP contribution in [0, 0.1) is 0 Å². The van der Waals surface area contributed by atoms with E-state index in [9.17, 15) is 0 Å². The van der Waals surface area contributed by atoms with E-state index < -0.39 is 0 Å². The number of hydrogen-bond donors (Lipinski definition) is 0. The van der Waals surface area contributed by atoms with Crippen LogP contribution < -0.4 is 0 Å². The standard InChI is InChI=1S/C5H7.V/c1-3-5-4-2;/h1,3-5H,2H3;. The van der Waals surface area contributed by atoms with Gasteiger partial charge in [0.1, 0.15) is 0 Å². The van der Waals surface area contributed by atoms with Crippen LogP contribution in [0.25, 0.3) is 0 Å². The fraction of sp³-hybridized carbons (Fsp3) is 0.200. The molecule has 0 radical (unpaired) electrons. The van der Waals surface area contributed by atoms with Gasteiger partial charge in [-0.15, -0.1) is 0 Å². The van der Waals surface area contributed by atoms with Crippen LogP contribution in [0.2, 0.25) is 0 Å². The van der Waals surface area contributed by atoms with E-state index in [0.717, 1.165) is 0 Å². The number of allylic oxidation sites excluding steroid dienone is 3. The van der Waals surface area contributed by atoms with Gasteiger partial charge in [0.25, 0.3) is 0 Å². The van der Waals surface area contributed by atoms with Gasteiger partial charge in [0.2, 0.25) is 0 Å². The molecule has 0 N–H and O–H groups in total. The molecule has 0 saturated heterocycles. The van der Waals surface area contributed by atoms with Crippen molar-refractivity contribution >= 4 is 0 Å². The quantitative estimate of drug-likeness (QED) is 0.459. The summed E-state index contributed by atoms with van der Waals surface area (Å²) in [6, 6.07) is 0. The van der Waals surface area contributed by atoms with Gasteiger partial charge in [0.05, 0.1) is 0 Å². The van der Waals surface area contributed by atoms with Crippen LogP contribution in [0.15, 0.2) is 23.0 Å². The summed E-state index contributed by atoms with van der Waals surface area (Å²) in [5.74, 6) is 0. The number of rotatable bonds is 1. The Balaban J connectivity index is 3.07. The van der Waals surface area contributed by atoms with Gasteiger partial charge in [-0.1, -0.05) is 0 Å². The maximum absolute atomic E-state index is 2.37. The van der Waals surface area contributed by atoms with Gasteiger partial charge >= 0.3 is 47.4 Å². The van der Waals surface area contributed by atoms with Crippen LogP contribution in [-0.2, 0) is 17.4 Å². The molecule has 0 aromatic rings. The Kier molecular flexibility index (Phi) is 5.12. The fourth-order valence-electron chi connectivity index (χ4n) is 0.161. The average molecular weight is 118 g/mol. The van der Waals surface area contributed by atoms with Crippen LogP contribution in [0.1, 0.15) is 6.92 Å². The molecule has 0 fully saturated rings. The monoisotopic (exact) mass is 118 g/mol. The van der Waals surface area contributed by atoms with Crippen molar-refractivity contribution in [3.8, 4) is 0 Å². The molecule has 0 amide bonds. The van der Waals surface area contributed by atoms with Crippen molar-refractivity contribution in [3.05, 3.63) is 23.0 Å².